The second-order valence-electron chi connectivity index (χ2n) is 3.27. The fraction of sp³-hybridized carbons (Fsp3) is 0.200. The molecule has 0 fully saturated rings. The molecule has 1 aromatic carbocycles. The molecule has 3 nitrogen and oxygen atoms in total. The lowest BCUT2D eigenvalue weighted by molar-refractivity contribution is -0.140. The minimum atomic E-state index is -0.929. The number of aliphatic carboxylic acids is 1. The van der Waals surface area contributed by atoms with Gasteiger partial charge in [-0.2, -0.15) is 0 Å². The van der Waals surface area contributed by atoms with Crippen molar-refractivity contribution in [2.24, 2.45) is 0 Å². The molecule has 1 aromatic rings. The first-order valence-electron chi connectivity index (χ1n) is 4.13. The van der Waals surface area contributed by atoms with Crippen molar-refractivity contribution in [3.05, 3.63) is 35.4 Å². The van der Waals surface area contributed by atoms with E-state index in [1.165, 1.54) is 0 Å². The van der Waals surface area contributed by atoms with Gasteiger partial charge in [-0.1, -0.05) is 24.3 Å². The van der Waals surface area contributed by atoms with Crippen LogP contribution in [-0.4, -0.2) is 14.9 Å². The van der Waals surface area contributed by atoms with E-state index in [4.69, 9.17) is 5.11 Å². The molecule has 2 atom stereocenters. The first kappa shape index (κ1) is 9.64. The number of carboxylic acid groups (broad SMARTS) is 1. The Morgan fingerprint density at radius 2 is 1.79 bits per heavy atom. The molecule has 0 heterocycles. The highest BCUT2D eigenvalue weighted by atomic mass is 127. The monoisotopic (exact) mass is 302 g/mol. The summed E-state index contributed by atoms with van der Waals surface area (Å²) in [6.07, 6.45) is 0. The number of hydrogen-bond acceptors (Lipinski definition) is 2. The third kappa shape index (κ3) is 1.33. The van der Waals surface area contributed by atoms with E-state index < -0.39 is 17.8 Å². The van der Waals surface area contributed by atoms with Gasteiger partial charge in [0.15, 0.2) is 0 Å². The molecular weight excluding hydrogens is 295 g/mol. The molecule has 72 valence electrons. The molecule has 1 aliphatic rings. The SMILES string of the molecule is O=C(O)C1c2cccc(c2)C1C(=O)I. The van der Waals surface area contributed by atoms with E-state index in [0.29, 0.717) is 0 Å². The van der Waals surface area contributed by atoms with Crippen LogP contribution in [0.5, 0.6) is 0 Å². The van der Waals surface area contributed by atoms with E-state index in [1.54, 1.807) is 46.9 Å². The zero-order valence-corrected chi connectivity index (χ0v) is 9.26. The van der Waals surface area contributed by atoms with Crippen molar-refractivity contribution < 1.29 is 14.7 Å². The Balaban J connectivity index is 2.50. The predicted octanol–water partition coefficient (Wildman–Crippen LogP) is 1.91. The maximum Gasteiger partial charge on any atom is 0.312 e. The summed E-state index contributed by atoms with van der Waals surface area (Å²) in [4.78, 5) is 22.3. The van der Waals surface area contributed by atoms with Crippen LogP contribution in [0, 0.1) is 0 Å². The van der Waals surface area contributed by atoms with E-state index in [-0.39, 0.29) is 3.79 Å². The molecule has 0 aromatic heterocycles. The first-order valence-corrected chi connectivity index (χ1v) is 5.21. The molecule has 0 saturated carbocycles. The molecule has 2 unspecified atom stereocenters. The molecule has 4 heteroatoms. The van der Waals surface area contributed by atoms with Gasteiger partial charge in [-0.25, -0.2) is 0 Å². The van der Waals surface area contributed by atoms with Crippen LogP contribution in [0.4, 0.5) is 0 Å². The molecule has 0 amide bonds. The number of rotatable bonds is 2. The summed E-state index contributed by atoms with van der Waals surface area (Å²) in [6.45, 7) is 0. The zero-order chi connectivity index (χ0) is 10.3. The quantitative estimate of drug-likeness (QED) is 0.671. The second-order valence-corrected chi connectivity index (χ2v) is 4.33. The van der Waals surface area contributed by atoms with E-state index in [0.717, 1.165) is 11.1 Å². The van der Waals surface area contributed by atoms with Crippen molar-refractivity contribution in [3.8, 4) is 0 Å². The van der Waals surface area contributed by atoms with E-state index >= 15 is 0 Å². The van der Waals surface area contributed by atoms with E-state index in [2.05, 4.69) is 0 Å². The second kappa shape index (κ2) is 3.34. The van der Waals surface area contributed by atoms with Crippen molar-refractivity contribution in [1.82, 2.24) is 0 Å². The third-order valence-corrected chi connectivity index (χ3v) is 3.14. The maximum absolute atomic E-state index is 11.3. The average Bonchev–Trinajstić information content (AvgIpc) is 2.37. The molecule has 2 bridgehead atoms. The predicted molar refractivity (Wildman–Crippen MR) is 58.6 cm³/mol. The minimum Gasteiger partial charge on any atom is -0.481 e. The van der Waals surface area contributed by atoms with Gasteiger partial charge in [-0.05, 0) is 11.1 Å². The molecule has 0 aliphatic heterocycles. The summed E-state index contributed by atoms with van der Waals surface area (Å²) in [5.41, 5.74) is 1.54. The van der Waals surface area contributed by atoms with Crippen LogP contribution in [0.1, 0.15) is 23.0 Å². The van der Waals surface area contributed by atoms with Crippen molar-refractivity contribution in [2.75, 3.05) is 0 Å². The number of halogens is 1. The Labute approximate surface area is 94.3 Å². The molecule has 1 N–H and O–H groups in total. The summed E-state index contributed by atoms with van der Waals surface area (Å²) in [5, 5.41) is 9.02. The molecule has 0 radical (unpaired) electrons. The summed E-state index contributed by atoms with van der Waals surface area (Å²) in [6, 6.07) is 7.13. The summed E-state index contributed by atoms with van der Waals surface area (Å²) >= 11 is 1.67. The van der Waals surface area contributed by atoms with Crippen LogP contribution in [0.3, 0.4) is 0 Å². The van der Waals surface area contributed by atoms with Gasteiger partial charge in [0.1, 0.15) is 0 Å². The highest BCUT2D eigenvalue weighted by Gasteiger charge is 2.39. The smallest absolute Gasteiger partial charge is 0.312 e. The van der Waals surface area contributed by atoms with Gasteiger partial charge < -0.3 is 5.11 Å². The van der Waals surface area contributed by atoms with Gasteiger partial charge in [0, 0.05) is 22.6 Å². The molecule has 0 saturated heterocycles. The van der Waals surface area contributed by atoms with Crippen LogP contribution < -0.4 is 0 Å². The standard InChI is InChI=1S/C10H7IO3/c11-9(12)7-5-2-1-3-6(4-5)8(7)10(13)14/h1-4,7-8H,(H,13,14). The van der Waals surface area contributed by atoms with Gasteiger partial charge >= 0.3 is 5.97 Å². The molecule has 2 rings (SSSR count). The van der Waals surface area contributed by atoms with Gasteiger partial charge in [0.25, 0.3) is 0 Å². The highest BCUT2D eigenvalue weighted by molar-refractivity contribution is 14.1. The first-order chi connectivity index (χ1) is 6.61. The molecular formula is C10H7IO3. The van der Waals surface area contributed by atoms with Gasteiger partial charge in [0.2, 0.25) is 3.79 Å². The summed E-state index contributed by atoms with van der Waals surface area (Å²) in [7, 11) is 0. The van der Waals surface area contributed by atoms with E-state index in [1.807, 2.05) is 0 Å². The van der Waals surface area contributed by atoms with Crippen molar-refractivity contribution >= 4 is 32.4 Å². The summed E-state index contributed by atoms with van der Waals surface area (Å²) < 4.78 is -0.115. The number of benzene rings is 1. The molecule has 14 heavy (non-hydrogen) atoms. The minimum absolute atomic E-state index is 0.115. The highest BCUT2D eigenvalue weighted by Crippen LogP contribution is 2.42. The molecule has 0 spiro atoms. The number of hydrogen-bond donors (Lipinski definition) is 1. The third-order valence-electron chi connectivity index (χ3n) is 2.47. The largest absolute Gasteiger partial charge is 0.481 e. The molecule has 1 aliphatic carbocycles. The van der Waals surface area contributed by atoms with Crippen LogP contribution in [0.25, 0.3) is 0 Å². The van der Waals surface area contributed by atoms with Gasteiger partial charge in [-0.3, -0.25) is 9.59 Å². The Morgan fingerprint density at radius 1 is 1.21 bits per heavy atom. The van der Waals surface area contributed by atoms with Crippen LogP contribution >= 0.6 is 22.6 Å². The van der Waals surface area contributed by atoms with Crippen molar-refractivity contribution in [2.45, 2.75) is 11.8 Å². The van der Waals surface area contributed by atoms with Crippen molar-refractivity contribution in [3.63, 3.8) is 0 Å². The van der Waals surface area contributed by atoms with Gasteiger partial charge in [-0.15, -0.1) is 0 Å². The number of fused-ring (bicyclic) bond motifs is 2. The lowest BCUT2D eigenvalue weighted by atomic mass is 9.92. The van der Waals surface area contributed by atoms with Crippen LogP contribution in [0.15, 0.2) is 24.3 Å². The van der Waals surface area contributed by atoms with E-state index in [9.17, 15) is 9.59 Å². The van der Waals surface area contributed by atoms with Crippen LogP contribution in [0.2, 0.25) is 0 Å². The lowest BCUT2D eigenvalue weighted by Gasteiger charge is -2.12. The van der Waals surface area contributed by atoms with Crippen LogP contribution in [-0.2, 0) is 9.59 Å². The fourth-order valence-electron chi connectivity index (χ4n) is 1.88. The normalized spacial score (nSPS) is 23.5. The lowest BCUT2D eigenvalue weighted by Crippen LogP contribution is -2.19. The van der Waals surface area contributed by atoms with Gasteiger partial charge in [0.05, 0.1) is 11.8 Å². The Kier molecular flexibility index (Phi) is 2.30. The average molecular weight is 302 g/mol. The Morgan fingerprint density at radius 3 is 2.29 bits per heavy atom. The number of carbonyl (C=O) groups is 2. The maximum atomic E-state index is 11.3. The van der Waals surface area contributed by atoms with Crippen molar-refractivity contribution in [1.29, 1.82) is 0 Å². The Bertz CT molecular complexity index is 378. The Hall–Kier alpha value is -0.910. The summed E-state index contributed by atoms with van der Waals surface area (Å²) in [5.74, 6) is -2.12. The topological polar surface area (TPSA) is 54.4 Å². The fourth-order valence-corrected chi connectivity index (χ4v) is 2.60. The number of carboxylic acids is 1. The zero-order valence-electron chi connectivity index (χ0n) is 7.11. The number of carbonyl (C=O) groups excluding carboxylic acids is 1.